The second-order valence-electron chi connectivity index (χ2n) is 7.06. The number of carbonyl (C=O) groups excluding carboxylic acids is 2. The van der Waals surface area contributed by atoms with E-state index in [4.69, 9.17) is 4.74 Å². The lowest BCUT2D eigenvalue weighted by molar-refractivity contribution is -0.124. The first-order valence-electron chi connectivity index (χ1n) is 8.56. The monoisotopic (exact) mass is 315 g/mol. The molecule has 4 nitrogen and oxygen atoms in total. The Bertz CT molecular complexity index is 581. The summed E-state index contributed by atoms with van der Waals surface area (Å²) >= 11 is 0. The van der Waals surface area contributed by atoms with E-state index in [1.165, 1.54) is 32.6 Å². The number of amides is 1. The molecule has 124 valence electrons. The molecule has 0 heterocycles. The standard InChI is InChI=1S/C19H25NO3/c1-12(18-10-14-3-4-16(18)9-14)20-19(22)11-23-17-7-5-15(6-8-17)13(2)21/h5-8,12,14,16,18H,3-4,9-11H2,1-2H3,(H,20,22). The molecule has 4 heteroatoms. The highest BCUT2D eigenvalue weighted by molar-refractivity contribution is 5.94. The van der Waals surface area contributed by atoms with Crippen LogP contribution in [0.4, 0.5) is 0 Å². The number of carbonyl (C=O) groups is 2. The second-order valence-corrected chi connectivity index (χ2v) is 7.06. The smallest absolute Gasteiger partial charge is 0.258 e. The lowest BCUT2D eigenvalue weighted by Crippen LogP contribution is -2.42. The number of Topliss-reactive ketones (excluding diaryl/α,β-unsaturated/α-hetero) is 1. The molecule has 2 aliphatic carbocycles. The van der Waals surface area contributed by atoms with Crippen molar-refractivity contribution in [2.45, 2.75) is 45.6 Å². The number of nitrogens with one attached hydrogen (secondary N) is 1. The molecule has 0 radical (unpaired) electrons. The Labute approximate surface area is 137 Å². The van der Waals surface area contributed by atoms with E-state index in [0.29, 0.717) is 17.2 Å². The molecule has 1 aromatic carbocycles. The zero-order valence-electron chi connectivity index (χ0n) is 13.9. The van der Waals surface area contributed by atoms with E-state index >= 15 is 0 Å². The summed E-state index contributed by atoms with van der Waals surface area (Å²) in [5.41, 5.74) is 0.645. The number of ketones is 1. The van der Waals surface area contributed by atoms with Crippen molar-refractivity contribution in [3.05, 3.63) is 29.8 Å². The van der Waals surface area contributed by atoms with Crippen molar-refractivity contribution in [1.82, 2.24) is 5.32 Å². The average molecular weight is 315 g/mol. The number of benzene rings is 1. The summed E-state index contributed by atoms with van der Waals surface area (Å²) in [5, 5.41) is 3.09. The molecule has 2 bridgehead atoms. The van der Waals surface area contributed by atoms with Gasteiger partial charge >= 0.3 is 0 Å². The lowest BCUT2D eigenvalue weighted by atomic mass is 9.84. The van der Waals surface area contributed by atoms with Crippen LogP contribution in [0.25, 0.3) is 0 Å². The number of hydrogen-bond donors (Lipinski definition) is 1. The average Bonchev–Trinajstić information content (AvgIpc) is 3.16. The molecule has 1 amide bonds. The first kappa shape index (κ1) is 16.0. The third-order valence-corrected chi connectivity index (χ3v) is 5.45. The summed E-state index contributed by atoms with van der Waals surface area (Å²) in [5.74, 6) is 2.88. The first-order chi connectivity index (χ1) is 11.0. The fraction of sp³-hybridized carbons (Fsp3) is 0.579. The molecule has 2 aliphatic rings. The van der Waals surface area contributed by atoms with Gasteiger partial charge < -0.3 is 10.1 Å². The van der Waals surface area contributed by atoms with E-state index in [2.05, 4.69) is 12.2 Å². The zero-order chi connectivity index (χ0) is 16.4. The van der Waals surface area contributed by atoms with E-state index in [0.717, 1.165) is 11.8 Å². The molecule has 0 aliphatic heterocycles. The van der Waals surface area contributed by atoms with Gasteiger partial charge in [-0.25, -0.2) is 0 Å². The third kappa shape index (κ3) is 3.74. The minimum atomic E-state index is -0.0732. The van der Waals surface area contributed by atoms with Gasteiger partial charge in [-0.2, -0.15) is 0 Å². The molecule has 0 aromatic heterocycles. The summed E-state index contributed by atoms with van der Waals surface area (Å²) in [7, 11) is 0. The van der Waals surface area contributed by atoms with Crippen LogP contribution in [0.1, 0.15) is 49.9 Å². The molecular weight excluding hydrogens is 290 g/mol. The van der Waals surface area contributed by atoms with Crippen molar-refractivity contribution in [2.75, 3.05) is 6.61 Å². The summed E-state index contributed by atoms with van der Waals surface area (Å²) in [6.45, 7) is 3.66. The number of hydrogen-bond acceptors (Lipinski definition) is 3. The molecule has 0 saturated heterocycles. The molecule has 2 fully saturated rings. The van der Waals surface area contributed by atoms with Crippen LogP contribution in [0.5, 0.6) is 5.75 Å². The molecule has 1 aromatic rings. The Kier molecular flexibility index (Phi) is 4.69. The van der Waals surface area contributed by atoms with Crippen molar-refractivity contribution >= 4 is 11.7 Å². The molecule has 4 atom stereocenters. The SMILES string of the molecule is CC(=O)c1ccc(OCC(=O)NC(C)C2CC3CCC2C3)cc1. The molecule has 1 N–H and O–H groups in total. The number of fused-ring (bicyclic) bond motifs is 2. The van der Waals surface area contributed by atoms with Gasteiger partial charge in [0.25, 0.3) is 5.91 Å². The second kappa shape index (κ2) is 6.73. The third-order valence-electron chi connectivity index (χ3n) is 5.45. The van der Waals surface area contributed by atoms with Crippen LogP contribution in [-0.2, 0) is 4.79 Å². The molecule has 3 rings (SSSR count). The normalized spacial score (nSPS) is 26.8. The maximum Gasteiger partial charge on any atom is 0.258 e. The van der Waals surface area contributed by atoms with Gasteiger partial charge in [-0.3, -0.25) is 9.59 Å². The minimum absolute atomic E-state index is 0.0184. The van der Waals surface area contributed by atoms with Gasteiger partial charge in [0.2, 0.25) is 0 Å². The zero-order valence-corrected chi connectivity index (χ0v) is 13.9. The largest absolute Gasteiger partial charge is 0.484 e. The molecule has 2 saturated carbocycles. The first-order valence-corrected chi connectivity index (χ1v) is 8.56. The van der Waals surface area contributed by atoms with Crippen LogP contribution < -0.4 is 10.1 Å². The maximum atomic E-state index is 12.1. The summed E-state index contributed by atoms with van der Waals surface area (Å²) < 4.78 is 5.50. The Morgan fingerprint density at radius 2 is 1.96 bits per heavy atom. The van der Waals surface area contributed by atoms with Crippen LogP contribution in [0.3, 0.4) is 0 Å². The van der Waals surface area contributed by atoms with Crippen LogP contribution in [0.15, 0.2) is 24.3 Å². The fourth-order valence-corrected chi connectivity index (χ4v) is 4.24. The Morgan fingerprint density at radius 3 is 2.52 bits per heavy atom. The number of rotatable bonds is 6. The van der Waals surface area contributed by atoms with Crippen molar-refractivity contribution < 1.29 is 14.3 Å². The Morgan fingerprint density at radius 1 is 1.22 bits per heavy atom. The van der Waals surface area contributed by atoms with Gasteiger partial charge in [0.15, 0.2) is 12.4 Å². The van der Waals surface area contributed by atoms with Crippen LogP contribution in [0.2, 0.25) is 0 Å². The molecule has 4 unspecified atom stereocenters. The summed E-state index contributed by atoms with van der Waals surface area (Å²) in [4.78, 5) is 23.3. The van der Waals surface area contributed by atoms with Gasteiger partial charge in [-0.05, 0) is 75.1 Å². The molecular formula is C19H25NO3. The molecule has 23 heavy (non-hydrogen) atoms. The minimum Gasteiger partial charge on any atom is -0.484 e. The highest BCUT2D eigenvalue weighted by atomic mass is 16.5. The van der Waals surface area contributed by atoms with Crippen molar-refractivity contribution in [3.8, 4) is 5.75 Å². The van der Waals surface area contributed by atoms with Gasteiger partial charge in [0.1, 0.15) is 5.75 Å². The van der Waals surface area contributed by atoms with E-state index in [-0.39, 0.29) is 24.3 Å². The fourth-order valence-electron chi connectivity index (χ4n) is 4.24. The lowest BCUT2D eigenvalue weighted by Gasteiger charge is -2.28. The van der Waals surface area contributed by atoms with Crippen molar-refractivity contribution in [1.29, 1.82) is 0 Å². The van der Waals surface area contributed by atoms with Crippen molar-refractivity contribution in [3.63, 3.8) is 0 Å². The Hall–Kier alpha value is -1.84. The predicted octanol–water partition coefficient (Wildman–Crippen LogP) is 3.21. The van der Waals surface area contributed by atoms with Crippen LogP contribution >= 0.6 is 0 Å². The van der Waals surface area contributed by atoms with Crippen molar-refractivity contribution in [2.24, 2.45) is 17.8 Å². The van der Waals surface area contributed by atoms with E-state index in [9.17, 15) is 9.59 Å². The number of ether oxygens (including phenoxy) is 1. The highest BCUT2D eigenvalue weighted by Crippen LogP contribution is 2.49. The topological polar surface area (TPSA) is 55.4 Å². The van der Waals surface area contributed by atoms with E-state index in [1.54, 1.807) is 24.3 Å². The quantitative estimate of drug-likeness (QED) is 0.820. The van der Waals surface area contributed by atoms with E-state index in [1.807, 2.05) is 0 Å². The Balaban J connectivity index is 1.45. The summed E-state index contributed by atoms with van der Waals surface area (Å²) in [6.07, 6.45) is 5.32. The van der Waals surface area contributed by atoms with Crippen LogP contribution in [-0.4, -0.2) is 24.3 Å². The van der Waals surface area contributed by atoms with Gasteiger partial charge in [-0.15, -0.1) is 0 Å². The predicted molar refractivity (Wildman–Crippen MR) is 88.5 cm³/mol. The molecule has 0 spiro atoms. The highest BCUT2D eigenvalue weighted by Gasteiger charge is 2.42. The maximum absolute atomic E-state index is 12.1. The van der Waals surface area contributed by atoms with Gasteiger partial charge in [-0.1, -0.05) is 6.42 Å². The summed E-state index contributed by atoms with van der Waals surface area (Å²) in [6, 6.07) is 7.11. The van der Waals surface area contributed by atoms with Crippen LogP contribution in [0, 0.1) is 17.8 Å². The van der Waals surface area contributed by atoms with Gasteiger partial charge in [0.05, 0.1) is 0 Å². The van der Waals surface area contributed by atoms with E-state index < -0.39 is 0 Å². The van der Waals surface area contributed by atoms with Gasteiger partial charge in [0, 0.05) is 11.6 Å².